The van der Waals surface area contributed by atoms with Gasteiger partial charge < -0.3 is 25.6 Å². The number of Topliss-reactive ketones (excluding diaryl/α,β-unsaturated/α-hetero) is 2. The summed E-state index contributed by atoms with van der Waals surface area (Å²) in [6.07, 6.45) is 18.5. The zero-order valence-corrected chi connectivity index (χ0v) is 19.0. The Morgan fingerprint density at radius 3 is 2.23 bits per heavy atom. The van der Waals surface area contributed by atoms with E-state index in [4.69, 9.17) is 4.74 Å². The van der Waals surface area contributed by atoms with E-state index >= 15 is 0 Å². The summed E-state index contributed by atoms with van der Waals surface area (Å²) in [4.78, 5) is 47.8. The number of aliphatic hydroxyl groups is 2. The first kappa shape index (κ1) is 25.5. The number of amides is 2. The van der Waals surface area contributed by atoms with E-state index < -0.39 is 35.4 Å². The number of carbonyl (C=O) groups excluding carboxylic acids is 4. The molecule has 1 aliphatic heterocycles. The van der Waals surface area contributed by atoms with E-state index in [-0.39, 0.29) is 35.8 Å². The van der Waals surface area contributed by atoms with E-state index in [0.717, 1.165) is 0 Å². The summed E-state index contributed by atoms with van der Waals surface area (Å²) < 4.78 is 5.30. The van der Waals surface area contributed by atoms with Crippen LogP contribution >= 0.6 is 0 Å². The maximum absolute atomic E-state index is 12.4. The van der Waals surface area contributed by atoms with Crippen LogP contribution in [0.25, 0.3) is 0 Å². The van der Waals surface area contributed by atoms with Crippen molar-refractivity contribution in [3.05, 3.63) is 96.1 Å². The molecule has 0 radical (unpaired) electrons. The molecule has 3 unspecified atom stereocenters. The fraction of sp³-hybridized carbons (Fsp3) is 0.231. The SMILES string of the molecule is CC=CC=CC=CC(=O)NC1=CC(O)(C=CC=CC=CC(=O)NC2=C(O)CCC2=O)C2OC2C1=O. The van der Waals surface area contributed by atoms with E-state index in [1.165, 1.54) is 48.6 Å². The number of ether oxygens (including phenoxy) is 1. The topological polar surface area (TPSA) is 145 Å². The Morgan fingerprint density at radius 1 is 0.971 bits per heavy atom. The first-order valence-corrected chi connectivity index (χ1v) is 11.0. The van der Waals surface area contributed by atoms with Crippen LogP contribution in [0.5, 0.6) is 0 Å². The smallest absolute Gasteiger partial charge is 0.248 e. The van der Waals surface area contributed by atoms with Gasteiger partial charge in [0.05, 0.1) is 5.70 Å². The van der Waals surface area contributed by atoms with Gasteiger partial charge in [0, 0.05) is 25.0 Å². The third-order valence-electron chi connectivity index (χ3n) is 5.23. The van der Waals surface area contributed by atoms with E-state index in [1.54, 1.807) is 24.3 Å². The molecule has 3 atom stereocenters. The number of hydrogen-bond donors (Lipinski definition) is 4. The highest BCUT2D eigenvalue weighted by Gasteiger charge is 2.59. The van der Waals surface area contributed by atoms with Crippen LogP contribution in [0, 0.1) is 0 Å². The second-order valence-electron chi connectivity index (χ2n) is 7.88. The maximum Gasteiger partial charge on any atom is 0.248 e. The van der Waals surface area contributed by atoms with E-state index in [0.29, 0.717) is 0 Å². The van der Waals surface area contributed by atoms with Crippen molar-refractivity contribution in [1.29, 1.82) is 0 Å². The lowest BCUT2D eigenvalue weighted by Gasteiger charge is -2.23. The minimum Gasteiger partial charge on any atom is -0.510 e. The lowest BCUT2D eigenvalue weighted by Crippen LogP contribution is -2.42. The predicted molar refractivity (Wildman–Crippen MR) is 127 cm³/mol. The number of allylic oxidation sites excluding steroid dienone is 11. The minimum atomic E-state index is -1.60. The second-order valence-corrected chi connectivity index (χ2v) is 7.88. The van der Waals surface area contributed by atoms with Gasteiger partial charge in [-0.15, -0.1) is 0 Å². The zero-order valence-electron chi connectivity index (χ0n) is 19.0. The van der Waals surface area contributed by atoms with Gasteiger partial charge in [0.1, 0.15) is 23.2 Å². The number of ketones is 2. The quantitative estimate of drug-likeness (QED) is 0.224. The molecule has 2 amide bonds. The first-order chi connectivity index (χ1) is 16.7. The number of aliphatic hydroxyl groups excluding tert-OH is 1. The molecule has 0 aromatic rings. The summed E-state index contributed by atoms with van der Waals surface area (Å²) in [5.74, 6) is -1.94. The molecule has 9 heteroatoms. The van der Waals surface area contributed by atoms with Crippen LogP contribution in [0.3, 0.4) is 0 Å². The van der Waals surface area contributed by atoms with Crippen LogP contribution in [0.1, 0.15) is 19.8 Å². The summed E-state index contributed by atoms with van der Waals surface area (Å²) in [7, 11) is 0. The number of hydrogen-bond acceptors (Lipinski definition) is 7. The van der Waals surface area contributed by atoms with Gasteiger partial charge in [-0.05, 0) is 19.1 Å². The highest BCUT2D eigenvalue weighted by atomic mass is 16.6. The predicted octanol–water partition coefficient (Wildman–Crippen LogP) is 1.67. The molecule has 9 nitrogen and oxygen atoms in total. The Hall–Kier alpha value is -4.08. The molecule has 1 heterocycles. The van der Waals surface area contributed by atoms with Crippen molar-refractivity contribution >= 4 is 23.4 Å². The molecule has 0 bridgehead atoms. The average molecular weight is 479 g/mol. The Labute approximate surface area is 202 Å². The molecule has 0 aromatic carbocycles. The molecule has 0 saturated carbocycles. The molecular formula is C26H26N2O7. The highest BCUT2D eigenvalue weighted by Crippen LogP contribution is 2.40. The molecule has 4 N–H and O–H groups in total. The van der Waals surface area contributed by atoms with Gasteiger partial charge >= 0.3 is 0 Å². The molecule has 1 saturated heterocycles. The summed E-state index contributed by atoms with van der Waals surface area (Å²) in [5, 5.41) is 25.3. The average Bonchev–Trinajstić information content (AvgIpc) is 3.58. The molecule has 3 aliphatic rings. The third kappa shape index (κ3) is 6.72. The van der Waals surface area contributed by atoms with Crippen molar-refractivity contribution in [2.75, 3.05) is 0 Å². The van der Waals surface area contributed by atoms with Crippen molar-refractivity contribution in [2.45, 2.75) is 37.6 Å². The standard InChI is InChI=1S/C26H26N2O7/c1-2-3-4-5-8-11-20(31)27-17-16-26(34,25-24(35-25)23(17)33)15-10-7-6-9-12-21(32)28-22-18(29)13-14-19(22)30/h2-12,15-16,24-25,29,34H,13-14H2,1H3,(H,27,31)(H,28,32). The van der Waals surface area contributed by atoms with Gasteiger partial charge in [0.25, 0.3) is 0 Å². The summed E-state index contributed by atoms with van der Waals surface area (Å²) in [5.41, 5.74) is -1.73. The van der Waals surface area contributed by atoms with E-state index in [1.807, 2.05) is 13.0 Å². The van der Waals surface area contributed by atoms with Gasteiger partial charge in [0.15, 0.2) is 11.9 Å². The van der Waals surface area contributed by atoms with Gasteiger partial charge in [-0.1, -0.05) is 54.7 Å². The van der Waals surface area contributed by atoms with E-state index in [9.17, 15) is 29.4 Å². The fourth-order valence-electron chi connectivity index (χ4n) is 3.43. The normalized spacial score (nSPS) is 26.7. The van der Waals surface area contributed by atoms with Crippen LogP contribution in [0.15, 0.2) is 96.1 Å². The lowest BCUT2D eigenvalue weighted by atomic mass is 9.88. The fourth-order valence-corrected chi connectivity index (χ4v) is 3.43. The number of nitrogens with one attached hydrogen (secondary N) is 2. The molecule has 0 aromatic heterocycles. The number of rotatable bonds is 9. The molecule has 182 valence electrons. The van der Waals surface area contributed by atoms with Gasteiger partial charge in [0.2, 0.25) is 17.6 Å². The summed E-state index contributed by atoms with van der Waals surface area (Å²) >= 11 is 0. The Morgan fingerprint density at radius 2 is 1.60 bits per heavy atom. The van der Waals surface area contributed by atoms with Gasteiger partial charge in [-0.25, -0.2) is 0 Å². The van der Waals surface area contributed by atoms with Crippen LogP contribution in [0.4, 0.5) is 0 Å². The van der Waals surface area contributed by atoms with Crippen LogP contribution in [-0.4, -0.2) is 51.4 Å². The molecule has 3 rings (SSSR count). The van der Waals surface area contributed by atoms with Crippen molar-refractivity contribution in [1.82, 2.24) is 10.6 Å². The van der Waals surface area contributed by atoms with Crippen LogP contribution in [-0.2, 0) is 23.9 Å². The largest absolute Gasteiger partial charge is 0.510 e. The molecule has 0 spiro atoms. The monoisotopic (exact) mass is 478 g/mol. The molecule has 1 fully saturated rings. The van der Waals surface area contributed by atoms with Crippen LogP contribution < -0.4 is 10.6 Å². The second kappa shape index (κ2) is 11.4. The van der Waals surface area contributed by atoms with Crippen LogP contribution in [0.2, 0.25) is 0 Å². The van der Waals surface area contributed by atoms with Crippen molar-refractivity contribution < 1.29 is 34.1 Å². The van der Waals surface area contributed by atoms with Crippen molar-refractivity contribution in [2.24, 2.45) is 0 Å². The van der Waals surface area contributed by atoms with Crippen molar-refractivity contribution in [3.8, 4) is 0 Å². The van der Waals surface area contributed by atoms with E-state index in [2.05, 4.69) is 10.6 Å². The molecular weight excluding hydrogens is 452 g/mol. The van der Waals surface area contributed by atoms with Gasteiger partial charge in [-0.3, -0.25) is 19.2 Å². The lowest BCUT2D eigenvalue weighted by molar-refractivity contribution is -0.121. The summed E-state index contributed by atoms with van der Waals surface area (Å²) in [6.45, 7) is 1.86. The Balaban J connectivity index is 1.57. The van der Waals surface area contributed by atoms with Gasteiger partial charge in [-0.2, -0.15) is 0 Å². The number of carbonyl (C=O) groups is 4. The summed E-state index contributed by atoms with van der Waals surface area (Å²) in [6, 6.07) is 0. The number of fused-ring (bicyclic) bond motifs is 1. The first-order valence-electron chi connectivity index (χ1n) is 11.0. The van der Waals surface area contributed by atoms with Crippen molar-refractivity contribution in [3.63, 3.8) is 0 Å². The molecule has 2 aliphatic carbocycles. The minimum absolute atomic E-state index is 0.0532. The zero-order chi connectivity index (χ0) is 25.4. The Bertz CT molecular complexity index is 1150. The third-order valence-corrected chi connectivity index (χ3v) is 5.23. The molecule has 35 heavy (non-hydrogen) atoms. The Kier molecular flexibility index (Phi) is 8.30. The maximum atomic E-state index is 12.4. The highest BCUT2D eigenvalue weighted by molar-refractivity contribution is 6.06. The number of epoxide rings is 1.